The summed E-state index contributed by atoms with van der Waals surface area (Å²) in [6.07, 6.45) is 20.3. The highest BCUT2D eigenvalue weighted by molar-refractivity contribution is 8.76. The third-order valence-corrected chi connectivity index (χ3v) is 11.6. The Hall–Kier alpha value is -4.87. The molecule has 1 aromatic heterocycles. The van der Waals surface area contributed by atoms with Gasteiger partial charge >= 0.3 is 0 Å². The molecule has 59 heavy (non-hydrogen) atoms. The standard InChI is InChI=1S/C48H54N5O2S2.CH4S/c54-37-32-49-30-12-3-1-2-6-14-42-20-26-47(27-21-42)52(40-44-15-7-4-8-16-44)35-38-56-57-39-36-53(41-45-17-9-5-10-18-45)48-28-23-43(24-29-48)22-25-46-19-11-13-33-51(46)34-31-50-55;1-2/h1-2,4-11,13-30,33,54H,3,12,31-32,34-41H2;2H,1H3/q+1;/p+1/b2-1+,14-6+,49-30?;. The fourth-order valence-electron chi connectivity index (χ4n) is 6.18. The lowest BCUT2D eigenvalue weighted by Crippen LogP contribution is -2.70. The normalized spacial score (nSPS) is 11.4. The summed E-state index contributed by atoms with van der Waals surface area (Å²) < 4.78 is 2.05. The molecule has 0 aliphatic rings. The molecule has 0 bridgehead atoms. The van der Waals surface area contributed by atoms with Crippen LogP contribution in [-0.2, 0) is 19.6 Å². The van der Waals surface area contributed by atoms with Crippen molar-refractivity contribution in [2.45, 2.75) is 32.5 Å². The van der Waals surface area contributed by atoms with Gasteiger partial charge in [-0.3, -0.25) is 0 Å². The summed E-state index contributed by atoms with van der Waals surface area (Å²) in [4.78, 5) is 18.7. The van der Waals surface area contributed by atoms with E-state index in [1.54, 1.807) is 6.26 Å². The van der Waals surface area contributed by atoms with E-state index in [4.69, 9.17) is 5.11 Å². The van der Waals surface area contributed by atoms with E-state index in [9.17, 15) is 4.91 Å². The zero-order valence-corrected chi connectivity index (χ0v) is 36.7. The van der Waals surface area contributed by atoms with Crippen molar-refractivity contribution in [3.63, 3.8) is 0 Å². The molecule has 0 saturated carbocycles. The highest BCUT2D eigenvalue weighted by Crippen LogP contribution is 2.26. The van der Waals surface area contributed by atoms with Crippen LogP contribution in [0.1, 0.15) is 40.8 Å². The van der Waals surface area contributed by atoms with Gasteiger partial charge in [-0.25, -0.2) is 4.99 Å². The van der Waals surface area contributed by atoms with Crippen molar-refractivity contribution in [1.82, 2.24) is 0 Å². The first-order valence-corrected chi connectivity index (χ1v) is 23.5. The number of rotatable bonds is 25. The van der Waals surface area contributed by atoms with E-state index in [1.807, 2.05) is 56.8 Å². The van der Waals surface area contributed by atoms with E-state index in [0.717, 1.165) is 61.8 Å². The number of allylic oxidation sites excluding steroid dienone is 3. The molecule has 5 rings (SSSR count). The maximum Gasteiger partial charge on any atom is 0.205 e. The van der Waals surface area contributed by atoms with Crippen molar-refractivity contribution in [2.24, 2.45) is 5.18 Å². The van der Waals surface area contributed by atoms with Gasteiger partial charge in [0.15, 0.2) is 19.3 Å². The fraction of sp³-hybridized carbons (Fsp3) is 0.265. The van der Waals surface area contributed by atoms with Crippen molar-refractivity contribution in [3.8, 4) is 0 Å². The lowest BCUT2D eigenvalue weighted by atomic mass is 10.1. The molecule has 0 unspecified atom stereocenters. The molecule has 2 N–H and O–H groups in total. The minimum atomic E-state index is 0.157. The highest BCUT2D eigenvalue weighted by Gasteiger charge is 2.11. The summed E-state index contributed by atoms with van der Waals surface area (Å²) in [5, 5.41) is 11.9. The zero-order chi connectivity index (χ0) is 41.6. The van der Waals surface area contributed by atoms with Crippen LogP contribution < -0.4 is 19.4 Å². The van der Waals surface area contributed by atoms with E-state index in [1.165, 1.54) is 28.1 Å². The fourth-order valence-corrected chi connectivity index (χ4v) is 8.16. The van der Waals surface area contributed by atoms with Crippen molar-refractivity contribution in [2.75, 3.05) is 60.3 Å². The molecule has 0 amide bonds. The summed E-state index contributed by atoms with van der Waals surface area (Å²) in [5.74, 6) is 2.03. The molecule has 0 saturated heterocycles. The number of hydrogen-bond acceptors (Lipinski definition) is 8. The molecule has 0 spiro atoms. The van der Waals surface area contributed by atoms with Gasteiger partial charge in [-0.05, 0) is 71.3 Å². The van der Waals surface area contributed by atoms with E-state index in [-0.39, 0.29) is 13.2 Å². The lowest BCUT2D eigenvalue weighted by molar-refractivity contribution is -0.696. The Morgan fingerprint density at radius 1 is 0.678 bits per heavy atom. The average Bonchev–Trinajstić information content (AvgIpc) is 3.29. The number of pyridine rings is 1. The van der Waals surface area contributed by atoms with Gasteiger partial charge in [-0.1, -0.05) is 136 Å². The topological polar surface area (TPSA) is 74.0 Å². The van der Waals surface area contributed by atoms with Gasteiger partial charge in [-0.15, -0.1) is 0 Å². The number of anilines is 2. The second kappa shape index (κ2) is 29.4. The predicted octanol–water partition coefficient (Wildman–Crippen LogP) is 9.05. The van der Waals surface area contributed by atoms with Gasteiger partial charge in [-0.2, -0.15) is 22.1 Å². The first-order valence-electron chi connectivity index (χ1n) is 20.1. The van der Waals surface area contributed by atoms with Crippen molar-refractivity contribution < 1.29 is 14.7 Å². The van der Waals surface area contributed by atoms with Crippen molar-refractivity contribution >= 4 is 70.0 Å². The highest BCUT2D eigenvalue weighted by atomic mass is 33.1. The summed E-state index contributed by atoms with van der Waals surface area (Å²) in [5.41, 5.74) is 8.38. The van der Waals surface area contributed by atoms with Gasteiger partial charge in [0.05, 0.1) is 0 Å². The van der Waals surface area contributed by atoms with Crippen LogP contribution in [-0.4, -0.2) is 61.9 Å². The second-order valence-electron chi connectivity index (χ2n) is 13.4. The Morgan fingerprint density at radius 3 is 1.80 bits per heavy atom. The van der Waals surface area contributed by atoms with Gasteiger partial charge < -0.3 is 14.9 Å². The predicted molar refractivity (Wildman–Crippen MR) is 260 cm³/mol. The van der Waals surface area contributed by atoms with Crippen LogP contribution in [0.15, 0.2) is 157 Å². The molecule has 0 aliphatic heterocycles. The maximum absolute atomic E-state index is 10.7. The van der Waals surface area contributed by atoms with E-state index >= 15 is 0 Å². The average molecular weight is 846 g/mol. The summed E-state index contributed by atoms with van der Waals surface area (Å²) in [6.45, 7) is 5.19. The Balaban J connectivity index is 0.00000378. The summed E-state index contributed by atoms with van der Waals surface area (Å²) in [7, 11) is 3.89. The minimum Gasteiger partial charge on any atom is -0.390 e. The van der Waals surface area contributed by atoms with Crippen molar-refractivity contribution in [3.05, 3.63) is 185 Å². The third kappa shape index (κ3) is 18.3. The molecule has 4 aromatic carbocycles. The minimum absolute atomic E-state index is 0.157. The number of nitrogens with zero attached hydrogens (tertiary/aromatic N) is 4. The molecule has 1 heterocycles. The van der Waals surface area contributed by atoms with Crippen LogP contribution in [0.25, 0.3) is 18.2 Å². The number of nitrogens with one attached hydrogen (secondary N) is 1. The molecule has 0 fully saturated rings. The molecular formula is C49H59N5O2S3+2. The van der Waals surface area contributed by atoms with Crippen LogP contribution in [0.3, 0.4) is 0 Å². The third-order valence-electron chi connectivity index (χ3n) is 9.19. The number of aliphatic hydroxyl groups is 1. The molecule has 7 nitrogen and oxygen atoms in total. The molecule has 308 valence electrons. The Labute approximate surface area is 365 Å². The molecule has 0 radical (unpaired) electrons. The number of thiol groups is 1. The second-order valence-corrected chi connectivity index (χ2v) is 16.1. The van der Waals surface area contributed by atoms with Gasteiger partial charge in [0.2, 0.25) is 5.69 Å². The first-order chi connectivity index (χ1) is 29.2. The van der Waals surface area contributed by atoms with Crippen LogP contribution >= 0.6 is 34.2 Å². The summed E-state index contributed by atoms with van der Waals surface area (Å²) in [6, 6.07) is 45.1. The molecular weight excluding hydrogens is 787 g/mol. The first kappa shape index (κ1) is 46.8. The van der Waals surface area contributed by atoms with E-state index in [2.05, 4.69) is 178 Å². The molecule has 10 heteroatoms. The van der Waals surface area contributed by atoms with Crippen LogP contribution in [0.4, 0.5) is 11.4 Å². The van der Waals surface area contributed by atoms with Crippen LogP contribution in [0.5, 0.6) is 0 Å². The maximum atomic E-state index is 10.7. The van der Waals surface area contributed by atoms with Crippen LogP contribution in [0, 0.1) is 4.91 Å². The van der Waals surface area contributed by atoms with Gasteiger partial charge in [0.1, 0.15) is 19.4 Å². The van der Waals surface area contributed by atoms with E-state index < -0.39 is 0 Å². The SMILES string of the molecule is CS.O=NCC[n+]1ccccc1/C=C/c1ccc(N(CCSSCCN(Cc2ccccc2)c2ccc(/C=C/C=C/CCC=[NH+]CCO)cc2)Cc2ccccc2)cc1. The number of unbranched alkanes of at least 4 members (excludes halogenated alkanes) is 1. The number of benzene rings is 4. The van der Waals surface area contributed by atoms with Gasteiger partial charge in [0.25, 0.3) is 0 Å². The number of hydrogen-bond donors (Lipinski definition) is 3. The molecule has 0 atom stereocenters. The summed E-state index contributed by atoms with van der Waals surface area (Å²) >= 11 is 3.53. The van der Waals surface area contributed by atoms with Gasteiger partial charge in [0, 0.05) is 73.7 Å². The zero-order valence-electron chi connectivity index (χ0n) is 34.1. The number of nitroso groups, excluding NO2 is 1. The molecule has 5 aromatic rings. The smallest absolute Gasteiger partial charge is 0.205 e. The number of aliphatic hydroxyl groups excluding tert-OH is 1. The monoisotopic (exact) mass is 845 g/mol. The Bertz CT molecular complexity index is 1990. The van der Waals surface area contributed by atoms with E-state index in [0.29, 0.717) is 13.1 Å². The quantitative estimate of drug-likeness (QED) is 0.0104. The largest absolute Gasteiger partial charge is 0.390 e. The Morgan fingerprint density at radius 2 is 1.24 bits per heavy atom. The Kier molecular flexibility index (Phi) is 23.3. The molecule has 0 aliphatic carbocycles. The lowest BCUT2D eigenvalue weighted by Gasteiger charge is -2.26. The van der Waals surface area contributed by atoms with Crippen molar-refractivity contribution in [1.29, 1.82) is 0 Å². The van der Waals surface area contributed by atoms with Crippen LogP contribution in [0.2, 0.25) is 0 Å². The number of aromatic nitrogens is 1.